The van der Waals surface area contributed by atoms with Crippen LogP contribution in [0.3, 0.4) is 0 Å². The van der Waals surface area contributed by atoms with Gasteiger partial charge in [0.1, 0.15) is 0 Å². The third-order valence-corrected chi connectivity index (χ3v) is 5.48. The van der Waals surface area contributed by atoms with Crippen LogP contribution in [0.25, 0.3) is 0 Å². The van der Waals surface area contributed by atoms with Gasteiger partial charge in [-0.15, -0.1) is 11.8 Å². The van der Waals surface area contributed by atoms with Gasteiger partial charge in [0.05, 0.1) is 0 Å². The van der Waals surface area contributed by atoms with Crippen molar-refractivity contribution in [2.45, 2.75) is 36.5 Å². The van der Waals surface area contributed by atoms with Gasteiger partial charge in [-0.05, 0) is 42.2 Å². The number of rotatable bonds is 3. The minimum absolute atomic E-state index is 0.267. The highest BCUT2D eigenvalue weighted by atomic mass is 32.2. The summed E-state index contributed by atoms with van der Waals surface area (Å²) in [6.45, 7) is 0.385. The highest BCUT2D eigenvalue weighted by Gasteiger charge is 2.40. The zero-order valence-corrected chi connectivity index (χ0v) is 10.3. The van der Waals surface area contributed by atoms with E-state index in [0.717, 1.165) is 0 Å². The highest BCUT2D eigenvalue weighted by Crippen LogP contribution is 2.51. The Morgan fingerprint density at radius 1 is 1.31 bits per heavy atom. The van der Waals surface area contributed by atoms with Gasteiger partial charge < -0.3 is 5.11 Å². The van der Waals surface area contributed by atoms with Gasteiger partial charge >= 0.3 is 0 Å². The summed E-state index contributed by atoms with van der Waals surface area (Å²) in [6.07, 6.45) is 4.95. The number of benzene rings is 1. The third-order valence-electron chi connectivity index (χ3n) is 4.23. The van der Waals surface area contributed by atoms with Crippen molar-refractivity contribution in [2.75, 3.05) is 12.4 Å². The Morgan fingerprint density at radius 2 is 2.12 bits per heavy atom. The number of fused-ring (bicyclic) bond motifs is 1. The molecule has 1 aromatic carbocycles. The number of hydrogen-bond donors (Lipinski definition) is 1. The second-order valence-corrected chi connectivity index (χ2v) is 6.32. The standard InChI is InChI=1S/C14H18OS/c15-10-14(6-3-7-14)8-11-9-16-13-5-2-1-4-12(11)13/h1-2,4-5,11,15H,3,6-10H2. The third kappa shape index (κ3) is 1.68. The van der Waals surface area contributed by atoms with Crippen LogP contribution in [0.15, 0.2) is 29.2 Å². The molecule has 86 valence electrons. The first-order chi connectivity index (χ1) is 7.83. The molecule has 0 radical (unpaired) electrons. The van der Waals surface area contributed by atoms with Crippen LogP contribution >= 0.6 is 11.8 Å². The fourth-order valence-electron chi connectivity index (χ4n) is 3.02. The second-order valence-electron chi connectivity index (χ2n) is 5.26. The Bertz CT molecular complexity index is 379. The lowest BCUT2D eigenvalue weighted by atomic mass is 9.64. The van der Waals surface area contributed by atoms with Crippen molar-refractivity contribution in [3.63, 3.8) is 0 Å². The Kier molecular flexibility index (Phi) is 2.72. The van der Waals surface area contributed by atoms with Crippen LogP contribution in [-0.4, -0.2) is 17.5 Å². The molecule has 2 aliphatic rings. The number of thioether (sulfide) groups is 1. The minimum Gasteiger partial charge on any atom is -0.396 e. The van der Waals surface area contributed by atoms with Crippen molar-refractivity contribution in [1.82, 2.24) is 0 Å². The highest BCUT2D eigenvalue weighted by molar-refractivity contribution is 7.99. The van der Waals surface area contributed by atoms with E-state index in [0.29, 0.717) is 12.5 Å². The molecule has 1 unspecified atom stereocenters. The van der Waals surface area contributed by atoms with E-state index in [1.54, 1.807) is 0 Å². The van der Waals surface area contributed by atoms with Crippen LogP contribution in [0.4, 0.5) is 0 Å². The molecule has 0 aromatic heterocycles. The maximum Gasteiger partial charge on any atom is 0.0487 e. The first-order valence-corrected chi connectivity index (χ1v) is 7.14. The summed E-state index contributed by atoms with van der Waals surface area (Å²) >= 11 is 1.98. The van der Waals surface area contributed by atoms with E-state index < -0.39 is 0 Å². The van der Waals surface area contributed by atoms with Crippen LogP contribution in [0.1, 0.15) is 37.2 Å². The van der Waals surface area contributed by atoms with Crippen molar-refractivity contribution in [2.24, 2.45) is 5.41 Å². The lowest BCUT2D eigenvalue weighted by molar-refractivity contribution is 0.0310. The van der Waals surface area contributed by atoms with Crippen molar-refractivity contribution in [3.05, 3.63) is 29.8 Å². The summed E-state index contributed by atoms with van der Waals surface area (Å²) in [5, 5.41) is 9.54. The molecule has 2 heteroatoms. The SMILES string of the molecule is OCC1(CC2CSc3ccccc32)CCC1. The minimum atomic E-state index is 0.267. The van der Waals surface area contributed by atoms with E-state index in [1.807, 2.05) is 11.8 Å². The smallest absolute Gasteiger partial charge is 0.0487 e. The molecule has 1 fully saturated rings. The van der Waals surface area contributed by atoms with Gasteiger partial charge in [0.25, 0.3) is 0 Å². The molecule has 1 heterocycles. The van der Waals surface area contributed by atoms with Crippen molar-refractivity contribution in [1.29, 1.82) is 0 Å². The molecule has 1 aliphatic heterocycles. The van der Waals surface area contributed by atoms with Crippen LogP contribution in [-0.2, 0) is 0 Å². The molecule has 3 rings (SSSR count). The van der Waals surface area contributed by atoms with Gasteiger partial charge in [0.15, 0.2) is 0 Å². The van der Waals surface area contributed by atoms with Gasteiger partial charge in [0.2, 0.25) is 0 Å². The first kappa shape index (κ1) is 10.7. The average Bonchev–Trinajstić information content (AvgIpc) is 2.67. The number of aliphatic hydroxyl groups is 1. The van der Waals surface area contributed by atoms with E-state index in [1.165, 1.54) is 41.9 Å². The summed E-state index contributed by atoms with van der Waals surface area (Å²) in [5.41, 5.74) is 1.79. The molecular weight excluding hydrogens is 216 g/mol. The molecule has 0 amide bonds. The van der Waals surface area contributed by atoms with Crippen molar-refractivity contribution >= 4 is 11.8 Å². The Labute approximate surface area is 101 Å². The van der Waals surface area contributed by atoms with Crippen molar-refractivity contribution < 1.29 is 5.11 Å². The molecule has 1 aliphatic carbocycles. The molecule has 1 saturated carbocycles. The molecule has 0 spiro atoms. The number of aliphatic hydroxyl groups excluding tert-OH is 1. The molecule has 1 aromatic rings. The van der Waals surface area contributed by atoms with Crippen LogP contribution in [0.2, 0.25) is 0 Å². The van der Waals surface area contributed by atoms with Gasteiger partial charge in [-0.2, -0.15) is 0 Å². The molecule has 1 nitrogen and oxygen atoms in total. The van der Waals surface area contributed by atoms with Gasteiger partial charge in [-0.1, -0.05) is 24.6 Å². The van der Waals surface area contributed by atoms with Crippen LogP contribution < -0.4 is 0 Å². The zero-order chi connectivity index (χ0) is 11.0. The van der Waals surface area contributed by atoms with E-state index in [2.05, 4.69) is 24.3 Å². The molecule has 0 saturated heterocycles. The summed E-state index contributed by atoms with van der Waals surface area (Å²) in [7, 11) is 0. The summed E-state index contributed by atoms with van der Waals surface area (Å²) < 4.78 is 0. The second kappa shape index (κ2) is 4.08. The fourth-order valence-corrected chi connectivity index (χ4v) is 4.28. The van der Waals surface area contributed by atoms with E-state index in [9.17, 15) is 5.11 Å². The van der Waals surface area contributed by atoms with Gasteiger partial charge in [0, 0.05) is 17.3 Å². The summed E-state index contributed by atoms with van der Waals surface area (Å²) in [6, 6.07) is 8.76. The largest absolute Gasteiger partial charge is 0.396 e. The molecule has 0 bridgehead atoms. The van der Waals surface area contributed by atoms with Crippen LogP contribution in [0.5, 0.6) is 0 Å². The first-order valence-electron chi connectivity index (χ1n) is 6.16. The number of hydrogen-bond acceptors (Lipinski definition) is 2. The monoisotopic (exact) mass is 234 g/mol. The lowest BCUT2D eigenvalue weighted by Crippen LogP contribution is -2.35. The predicted molar refractivity (Wildman–Crippen MR) is 67.9 cm³/mol. The quantitative estimate of drug-likeness (QED) is 0.864. The van der Waals surface area contributed by atoms with E-state index in [4.69, 9.17) is 0 Å². The topological polar surface area (TPSA) is 20.2 Å². The molecule has 1 N–H and O–H groups in total. The zero-order valence-electron chi connectivity index (χ0n) is 9.48. The summed E-state index contributed by atoms with van der Waals surface area (Å²) in [5.74, 6) is 1.88. The average molecular weight is 234 g/mol. The van der Waals surface area contributed by atoms with E-state index in [-0.39, 0.29) is 5.41 Å². The molecule has 1 atom stereocenters. The summed E-state index contributed by atoms with van der Waals surface area (Å²) in [4.78, 5) is 1.46. The Hall–Kier alpha value is -0.470. The van der Waals surface area contributed by atoms with Crippen molar-refractivity contribution in [3.8, 4) is 0 Å². The maximum atomic E-state index is 9.54. The fraction of sp³-hybridized carbons (Fsp3) is 0.571. The lowest BCUT2D eigenvalue weighted by Gasteiger charge is -2.42. The molecular formula is C14H18OS. The van der Waals surface area contributed by atoms with Gasteiger partial charge in [-0.25, -0.2) is 0 Å². The van der Waals surface area contributed by atoms with E-state index >= 15 is 0 Å². The predicted octanol–water partition coefficient (Wildman–Crippen LogP) is 3.43. The van der Waals surface area contributed by atoms with Crippen LogP contribution in [0, 0.1) is 5.41 Å². The maximum absolute atomic E-state index is 9.54. The normalized spacial score (nSPS) is 26.2. The van der Waals surface area contributed by atoms with Gasteiger partial charge in [-0.3, -0.25) is 0 Å². The Morgan fingerprint density at radius 3 is 2.81 bits per heavy atom. The molecule has 16 heavy (non-hydrogen) atoms. The Balaban J connectivity index is 1.78.